The molecule has 126 valence electrons. The summed E-state index contributed by atoms with van der Waals surface area (Å²) >= 11 is 1.78. The topological polar surface area (TPSA) is 41.5 Å². The minimum atomic E-state index is -0.180. The molecule has 0 unspecified atom stereocenters. The molecule has 0 radical (unpaired) electrons. The zero-order valence-corrected chi connectivity index (χ0v) is 15.5. The van der Waals surface area contributed by atoms with Crippen LogP contribution in [-0.2, 0) is 5.75 Å². The van der Waals surface area contributed by atoms with Crippen LogP contribution in [0.3, 0.4) is 0 Å². The van der Waals surface area contributed by atoms with Crippen molar-refractivity contribution in [2.45, 2.75) is 38.3 Å². The van der Waals surface area contributed by atoms with Gasteiger partial charge in [-0.25, -0.2) is 5.43 Å². The lowest BCUT2D eigenvalue weighted by Crippen LogP contribution is -2.24. The summed E-state index contributed by atoms with van der Waals surface area (Å²) in [6.45, 7) is 8.12. The van der Waals surface area contributed by atoms with E-state index in [-0.39, 0.29) is 11.3 Å². The van der Waals surface area contributed by atoms with Crippen molar-refractivity contribution in [2.24, 2.45) is 10.5 Å². The van der Waals surface area contributed by atoms with E-state index in [2.05, 4.69) is 43.4 Å². The normalized spacial score (nSPS) is 12.1. The molecule has 1 amide bonds. The van der Waals surface area contributed by atoms with Gasteiger partial charge in [-0.2, -0.15) is 5.10 Å². The molecule has 0 bridgehead atoms. The van der Waals surface area contributed by atoms with Crippen LogP contribution in [0, 0.1) is 5.41 Å². The highest BCUT2D eigenvalue weighted by Gasteiger charge is 2.15. The van der Waals surface area contributed by atoms with Crippen LogP contribution >= 0.6 is 11.8 Å². The summed E-state index contributed by atoms with van der Waals surface area (Å²) in [6, 6.07) is 18.0. The Morgan fingerprint density at radius 2 is 1.67 bits per heavy atom. The molecule has 0 saturated carbocycles. The Balaban J connectivity index is 1.93. The second-order valence-corrected chi connectivity index (χ2v) is 7.74. The first kappa shape index (κ1) is 18.3. The van der Waals surface area contributed by atoms with Crippen LogP contribution in [0.4, 0.5) is 0 Å². The zero-order chi connectivity index (χ0) is 17.6. The molecule has 3 nitrogen and oxygen atoms in total. The molecule has 0 aliphatic rings. The molecule has 0 aliphatic heterocycles. The number of thioether (sulfide) groups is 1. The van der Waals surface area contributed by atoms with Crippen LogP contribution in [0.25, 0.3) is 0 Å². The van der Waals surface area contributed by atoms with Gasteiger partial charge in [0.2, 0.25) is 0 Å². The highest BCUT2D eigenvalue weighted by atomic mass is 32.2. The predicted octanol–water partition coefficient (Wildman–Crippen LogP) is 5.13. The van der Waals surface area contributed by atoms with Gasteiger partial charge in [-0.15, -0.1) is 11.8 Å². The molecule has 2 aromatic rings. The number of hydrogen-bond acceptors (Lipinski definition) is 3. The van der Waals surface area contributed by atoms with Crippen LogP contribution in [0.5, 0.6) is 0 Å². The van der Waals surface area contributed by atoms with Gasteiger partial charge >= 0.3 is 0 Å². The Kier molecular flexibility index (Phi) is 6.21. The lowest BCUT2D eigenvalue weighted by atomic mass is 9.91. The summed E-state index contributed by atoms with van der Waals surface area (Å²) in [5.41, 5.74) is 5.28. The summed E-state index contributed by atoms with van der Waals surface area (Å²) in [5.74, 6) is 0.702. The monoisotopic (exact) mass is 340 g/mol. The molecular formula is C20H24N2OS. The number of hydrogen-bond donors (Lipinski definition) is 1. The molecule has 4 heteroatoms. The maximum Gasteiger partial charge on any atom is 0.271 e. The number of nitrogens with zero attached hydrogens (tertiary/aromatic N) is 1. The Bertz CT molecular complexity index is 701. The summed E-state index contributed by atoms with van der Waals surface area (Å²) in [7, 11) is 0. The van der Waals surface area contributed by atoms with Crippen LogP contribution in [0.1, 0.15) is 43.6 Å². The van der Waals surface area contributed by atoms with Crippen molar-refractivity contribution < 1.29 is 4.79 Å². The van der Waals surface area contributed by atoms with Gasteiger partial charge in [0.1, 0.15) is 0 Å². The predicted molar refractivity (Wildman–Crippen MR) is 102 cm³/mol. The Morgan fingerprint density at radius 1 is 1.04 bits per heavy atom. The van der Waals surface area contributed by atoms with E-state index >= 15 is 0 Å². The molecule has 2 rings (SSSR count). The first-order chi connectivity index (χ1) is 11.4. The summed E-state index contributed by atoms with van der Waals surface area (Å²) < 4.78 is 0. The summed E-state index contributed by atoms with van der Waals surface area (Å²) in [4.78, 5) is 13.4. The van der Waals surface area contributed by atoms with Crippen LogP contribution < -0.4 is 5.43 Å². The molecule has 0 saturated heterocycles. The molecule has 1 N–H and O–H groups in total. The molecule has 0 spiro atoms. The van der Waals surface area contributed by atoms with Crippen molar-refractivity contribution in [3.8, 4) is 0 Å². The smallest absolute Gasteiger partial charge is 0.267 e. The third-order valence-electron chi connectivity index (χ3n) is 3.78. The SMILES string of the molecule is C/C(=N/NC(=O)c1ccc(CSc2ccccc2)cc1)C(C)(C)C. The van der Waals surface area contributed by atoms with Gasteiger partial charge in [0.25, 0.3) is 5.91 Å². The van der Waals surface area contributed by atoms with E-state index in [9.17, 15) is 4.79 Å². The fraction of sp³-hybridized carbons (Fsp3) is 0.300. The van der Waals surface area contributed by atoms with Crippen molar-refractivity contribution in [3.05, 3.63) is 65.7 Å². The summed E-state index contributed by atoms with van der Waals surface area (Å²) in [5, 5.41) is 4.18. The van der Waals surface area contributed by atoms with Gasteiger partial charge in [0.15, 0.2) is 0 Å². The van der Waals surface area contributed by atoms with E-state index in [0.29, 0.717) is 5.56 Å². The van der Waals surface area contributed by atoms with Gasteiger partial charge in [0, 0.05) is 27.3 Å². The first-order valence-corrected chi connectivity index (χ1v) is 8.97. The van der Waals surface area contributed by atoms with Crippen molar-refractivity contribution in [1.29, 1.82) is 0 Å². The lowest BCUT2D eigenvalue weighted by molar-refractivity contribution is 0.0954. The number of benzene rings is 2. The minimum Gasteiger partial charge on any atom is -0.267 e. The second-order valence-electron chi connectivity index (χ2n) is 6.69. The summed E-state index contributed by atoms with van der Waals surface area (Å²) in [6.07, 6.45) is 0. The fourth-order valence-corrected chi connectivity index (χ4v) is 2.68. The molecule has 0 aromatic heterocycles. The Morgan fingerprint density at radius 3 is 2.25 bits per heavy atom. The van der Waals surface area contributed by atoms with Gasteiger partial charge in [-0.05, 0) is 36.8 Å². The molecule has 0 aliphatic carbocycles. The third kappa shape index (κ3) is 5.53. The fourth-order valence-electron chi connectivity index (χ4n) is 1.80. The minimum absolute atomic E-state index is 0.0498. The van der Waals surface area contributed by atoms with E-state index < -0.39 is 0 Å². The second kappa shape index (κ2) is 8.15. The number of carbonyl (C=O) groups is 1. The van der Waals surface area contributed by atoms with E-state index in [0.717, 1.165) is 11.5 Å². The highest BCUT2D eigenvalue weighted by Crippen LogP contribution is 2.22. The third-order valence-corrected chi connectivity index (χ3v) is 4.86. The molecule has 0 fully saturated rings. The van der Waals surface area contributed by atoms with Crippen LogP contribution in [-0.4, -0.2) is 11.6 Å². The van der Waals surface area contributed by atoms with Crippen LogP contribution in [0.15, 0.2) is 64.6 Å². The first-order valence-electron chi connectivity index (χ1n) is 7.98. The van der Waals surface area contributed by atoms with E-state index in [4.69, 9.17) is 0 Å². The van der Waals surface area contributed by atoms with Crippen molar-refractivity contribution in [1.82, 2.24) is 5.43 Å². The van der Waals surface area contributed by atoms with Gasteiger partial charge in [-0.1, -0.05) is 51.1 Å². The maximum absolute atomic E-state index is 12.1. The van der Waals surface area contributed by atoms with E-state index in [1.807, 2.05) is 49.4 Å². The van der Waals surface area contributed by atoms with Crippen molar-refractivity contribution in [2.75, 3.05) is 0 Å². The number of nitrogens with one attached hydrogen (secondary N) is 1. The standard InChI is InChI=1S/C20H24N2OS/c1-15(20(2,3)4)21-22-19(23)17-12-10-16(11-13-17)14-24-18-8-6-5-7-9-18/h5-13H,14H2,1-4H3,(H,22,23)/b21-15-. The molecule has 24 heavy (non-hydrogen) atoms. The number of carbonyl (C=O) groups excluding carboxylic acids is 1. The van der Waals surface area contributed by atoms with Crippen molar-refractivity contribution >= 4 is 23.4 Å². The largest absolute Gasteiger partial charge is 0.271 e. The Hall–Kier alpha value is -2.07. The van der Waals surface area contributed by atoms with E-state index in [1.165, 1.54) is 10.5 Å². The number of hydrazone groups is 1. The Labute approximate surface area is 148 Å². The lowest BCUT2D eigenvalue weighted by Gasteiger charge is -2.17. The van der Waals surface area contributed by atoms with Gasteiger partial charge in [-0.3, -0.25) is 4.79 Å². The van der Waals surface area contributed by atoms with Gasteiger partial charge in [0.05, 0.1) is 0 Å². The maximum atomic E-state index is 12.1. The quantitative estimate of drug-likeness (QED) is 0.466. The van der Waals surface area contributed by atoms with E-state index in [1.54, 1.807) is 11.8 Å². The average Bonchev–Trinajstić information content (AvgIpc) is 2.58. The molecule has 0 atom stereocenters. The molecule has 2 aromatic carbocycles. The highest BCUT2D eigenvalue weighted by molar-refractivity contribution is 7.98. The molecular weight excluding hydrogens is 316 g/mol. The number of amides is 1. The van der Waals surface area contributed by atoms with Crippen molar-refractivity contribution in [3.63, 3.8) is 0 Å². The van der Waals surface area contributed by atoms with Crippen LogP contribution in [0.2, 0.25) is 0 Å². The average molecular weight is 340 g/mol. The number of rotatable bonds is 5. The zero-order valence-electron chi connectivity index (χ0n) is 14.7. The molecule has 0 heterocycles. The van der Waals surface area contributed by atoms with Gasteiger partial charge < -0.3 is 0 Å².